The fraction of sp³-hybridized carbons (Fsp3) is 0.688. The minimum atomic E-state index is 0.599. The fourth-order valence-corrected chi connectivity index (χ4v) is 2.75. The molecule has 4 nitrogen and oxygen atoms in total. The second kappa shape index (κ2) is 7.60. The number of hydrogen-bond acceptors (Lipinski definition) is 4. The Morgan fingerprint density at radius 2 is 1.95 bits per heavy atom. The molecule has 0 amide bonds. The predicted octanol–water partition coefficient (Wildman–Crippen LogP) is 1.84. The maximum Gasteiger partial charge on any atom is 0.128 e. The second-order valence-electron chi connectivity index (χ2n) is 5.88. The monoisotopic (exact) mass is 276 g/mol. The van der Waals surface area contributed by atoms with E-state index in [4.69, 9.17) is 0 Å². The summed E-state index contributed by atoms with van der Waals surface area (Å²) in [5.41, 5.74) is 0. The summed E-state index contributed by atoms with van der Waals surface area (Å²) in [5, 5.41) is 3.60. The van der Waals surface area contributed by atoms with Crippen molar-refractivity contribution in [2.75, 3.05) is 44.2 Å². The molecule has 0 saturated carbocycles. The molecule has 1 atom stereocenters. The third-order valence-corrected chi connectivity index (χ3v) is 4.07. The van der Waals surface area contributed by atoms with Crippen LogP contribution >= 0.6 is 0 Å². The van der Waals surface area contributed by atoms with E-state index in [1.165, 1.54) is 0 Å². The molecule has 1 aromatic heterocycles. The Kier molecular flexibility index (Phi) is 5.80. The minimum Gasteiger partial charge on any atom is -0.354 e. The van der Waals surface area contributed by atoms with E-state index in [1.54, 1.807) is 0 Å². The lowest BCUT2D eigenvalue weighted by molar-refractivity contribution is 0.208. The average molecular weight is 276 g/mol. The summed E-state index contributed by atoms with van der Waals surface area (Å²) in [6.45, 7) is 13.4. The number of aromatic nitrogens is 1. The summed E-state index contributed by atoms with van der Waals surface area (Å²) in [6, 6.07) is 6.74. The Labute approximate surface area is 123 Å². The molecule has 112 valence electrons. The number of pyridine rings is 1. The van der Waals surface area contributed by atoms with Gasteiger partial charge in [-0.05, 0) is 24.6 Å². The van der Waals surface area contributed by atoms with E-state index in [1.807, 2.05) is 12.3 Å². The van der Waals surface area contributed by atoms with Gasteiger partial charge in [-0.1, -0.05) is 26.8 Å². The molecule has 0 spiro atoms. The molecule has 1 fully saturated rings. The highest BCUT2D eigenvalue weighted by Gasteiger charge is 2.21. The summed E-state index contributed by atoms with van der Waals surface area (Å²) >= 11 is 0. The molecule has 1 aliphatic heterocycles. The van der Waals surface area contributed by atoms with Gasteiger partial charge in [0.25, 0.3) is 0 Å². The van der Waals surface area contributed by atoms with Gasteiger partial charge in [0.1, 0.15) is 5.82 Å². The standard InChI is InChI=1S/C16H28N4/c1-4-17-15(14(2)3)13-19-9-11-20(12-10-19)16-7-5-6-8-18-16/h5-8,14-15,17H,4,9-13H2,1-3H3. The minimum absolute atomic E-state index is 0.599. The van der Waals surface area contributed by atoms with E-state index in [0.717, 1.165) is 45.1 Å². The molecule has 1 aromatic rings. The molecular formula is C16H28N4. The summed E-state index contributed by atoms with van der Waals surface area (Å²) in [7, 11) is 0. The summed E-state index contributed by atoms with van der Waals surface area (Å²) in [6.07, 6.45) is 1.88. The molecule has 2 heterocycles. The van der Waals surface area contributed by atoms with Crippen LogP contribution in [0.15, 0.2) is 24.4 Å². The van der Waals surface area contributed by atoms with Gasteiger partial charge in [0.2, 0.25) is 0 Å². The molecule has 0 aromatic carbocycles. The van der Waals surface area contributed by atoms with Crippen molar-refractivity contribution in [1.29, 1.82) is 0 Å². The number of nitrogens with zero attached hydrogens (tertiary/aromatic N) is 3. The quantitative estimate of drug-likeness (QED) is 0.859. The van der Waals surface area contributed by atoms with Crippen LogP contribution in [-0.4, -0.2) is 55.2 Å². The molecule has 0 radical (unpaired) electrons. The van der Waals surface area contributed by atoms with Crippen molar-refractivity contribution >= 4 is 5.82 Å². The van der Waals surface area contributed by atoms with E-state index in [9.17, 15) is 0 Å². The lowest BCUT2D eigenvalue weighted by atomic mass is 10.0. The highest BCUT2D eigenvalue weighted by Crippen LogP contribution is 2.13. The van der Waals surface area contributed by atoms with Gasteiger partial charge in [-0.3, -0.25) is 4.90 Å². The Balaban J connectivity index is 1.82. The topological polar surface area (TPSA) is 31.4 Å². The van der Waals surface area contributed by atoms with E-state index >= 15 is 0 Å². The largest absolute Gasteiger partial charge is 0.354 e. The molecule has 1 aliphatic rings. The normalized spacial score (nSPS) is 18.5. The van der Waals surface area contributed by atoms with Gasteiger partial charge < -0.3 is 10.2 Å². The third kappa shape index (κ3) is 4.18. The number of likely N-dealkylation sites (N-methyl/N-ethyl adjacent to an activating group) is 1. The first-order valence-corrected chi connectivity index (χ1v) is 7.82. The molecule has 4 heteroatoms. The van der Waals surface area contributed by atoms with Crippen molar-refractivity contribution in [3.63, 3.8) is 0 Å². The summed E-state index contributed by atoms with van der Waals surface area (Å²) in [5.74, 6) is 1.79. The van der Waals surface area contributed by atoms with Gasteiger partial charge >= 0.3 is 0 Å². The Morgan fingerprint density at radius 3 is 2.50 bits per heavy atom. The van der Waals surface area contributed by atoms with Crippen LogP contribution in [0.5, 0.6) is 0 Å². The molecule has 20 heavy (non-hydrogen) atoms. The zero-order chi connectivity index (χ0) is 14.4. The van der Waals surface area contributed by atoms with Crippen LogP contribution in [0, 0.1) is 5.92 Å². The predicted molar refractivity (Wildman–Crippen MR) is 85.2 cm³/mol. The molecule has 1 N–H and O–H groups in total. The van der Waals surface area contributed by atoms with Crippen molar-refractivity contribution < 1.29 is 0 Å². The number of nitrogens with one attached hydrogen (secondary N) is 1. The van der Waals surface area contributed by atoms with E-state index in [0.29, 0.717) is 12.0 Å². The zero-order valence-electron chi connectivity index (χ0n) is 13.0. The highest BCUT2D eigenvalue weighted by molar-refractivity contribution is 5.38. The first-order valence-electron chi connectivity index (χ1n) is 7.82. The zero-order valence-corrected chi connectivity index (χ0v) is 13.0. The number of anilines is 1. The fourth-order valence-electron chi connectivity index (χ4n) is 2.75. The maximum absolute atomic E-state index is 4.44. The first-order chi connectivity index (χ1) is 9.70. The summed E-state index contributed by atoms with van der Waals surface area (Å²) < 4.78 is 0. The molecule has 1 unspecified atom stereocenters. The molecular weight excluding hydrogens is 248 g/mol. The Hall–Kier alpha value is -1.13. The van der Waals surface area contributed by atoms with Crippen molar-refractivity contribution in [3.8, 4) is 0 Å². The molecule has 1 saturated heterocycles. The van der Waals surface area contributed by atoms with Crippen LogP contribution < -0.4 is 10.2 Å². The Bertz CT molecular complexity index is 371. The van der Waals surface area contributed by atoms with Crippen LogP contribution in [0.4, 0.5) is 5.82 Å². The smallest absolute Gasteiger partial charge is 0.128 e. The van der Waals surface area contributed by atoms with Crippen LogP contribution in [0.1, 0.15) is 20.8 Å². The van der Waals surface area contributed by atoms with Crippen LogP contribution in [0.25, 0.3) is 0 Å². The van der Waals surface area contributed by atoms with Gasteiger partial charge in [-0.2, -0.15) is 0 Å². The second-order valence-corrected chi connectivity index (χ2v) is 5.88. The van der Waals surface area contributed by atoms with Gasteiger partial charge in [0.15, 0.2) is 0 Å². The van der Waals surface area contributed by atoms with Crippen molar-refractivity contribution in [2.45, 2.75) is 26.8 Å². The number of hydrogen-bond donors (Lipinski definition) is 1. The van der Waals surface area contributed by atoms with E-state index in [2.05, 4.69) is 53.0 Å². The van der Waals surface area contributed by atoms with Crippen LogP contribution in [-0.2, 0) is 0 Å². The lowest BCUT2D eigenvalue weighted by Crippen LogP contribution is -2.52. The van der Waals surface area contributed by atoms with Crippen LogP contribution in [0.3, 0.4) is 0 Å². The van der Waals surface area contributed by atoms with Crippen molar-refractivity contribution in [2.24, 2.45) is 5.92 Å². The van der Waals surface area contributed by atoms with E-state index < -0.39 is 0 Å². The molecule has 0 bridgehead atoms. The molecule has 2 rings (SSSR count). The molecule has 0 aliphatic carbocycles. The van der Waals surface area contributed by atoms with Crippen LogP contribution in [0.2, 0.25) is 0 Å². The van der Waals surface area contributed by atoms with Gasteiger partial charge in [0, 0.05) is 45.0 Å². The average Bonchev–Trinajstić information content (AvgIpc) is 2.48. The summed E-state index contributed by atoms with van der Waals surface area (Å²) in [4.78, 5) is 9.40. The van der Waals surface area contributed by atoms with Gasteiger partial charge in [-0.25, -0.2) is 4.98 Å². The number of rotatable bonds is 6. The lowest BCUT2D eigenvalue weighted by Gasteiger charge is -2.38. The van der Waals surface area contributed by atoms with Gasteiger partial charge in [0.05, 0.1) is 0 Å². The van der Waals surface area contributed by atoms with Crippen molar-refractivity contribution in [1.82, 2.24) is 15.2 Å². The SMILES string of the molecule is CCNC(CN1CCN(c2ccccn2)CC1)C(C)C. The maximum atomic E-state index is 4.44. The number of piperazine rings is 1. The van der Waals surface area contributed by atoms with E-state index in [-0.39, 0.29) is 0 Å². The first kappa shape index (κ1) is 15.3. The van der Waals surface area contributed by atoms with Gasteiger partial charge in [-0.15, -0.1) is 0 Å². The Morgan fingerprint density at radius 1 is 1.20 bits per heavy atom. The van der Waals surface area contributed by atoms with Crippen molar-refractivity contribution in [3.05, 3.63) is 24.4 Å². The highest BCUT2D eigenvalue weighted by atomic mass is 15.3. The third-order valence-electron chi connectivity index (χ3n) is 4.07.